The first kappa shape index (κ1) is 15.9. The lowest BCUT2D eigenvalue weighted by atomic mass is 10.1. The van der Waals surface area contributed by atoms with Crippen molar-refractivity contribution < 1.29 is 18.8 Å². The molecule has 6 nitrogen and oxygen atoms in total. The highest BCUT2D eigenvalue weighted by molar-refractivity contribution is 6.08. The first-order chi connectivity index (χ1) is 10.3. The molecule has 0 saturated carbocycles. The molecule has 22 heavy (non-hydrogen) atoms. The molecule has 0 bridgehead atoms. The average molecular weight is 307 g/mol. The molecule has 0 aliphatic carbocycles. The molecular formula is C15H18FN3O3. The summed E-state index contributed by atoms with van der Waals surface area (Å²) in [6.07, 6.45) is 0. The van der Waals surface area contributed by atoms with Gasteiger partial charge >= 0.3 is 6.03 Å². The summed E-state index contributed by atoms with van der Waals surface area (Å²) in [6, 6.07) is 2.81. The molecule has 1 aliphatic heterocycles. The van der Waals surface area contributed by atoms with Crippen molar-refractivity contribution in [3.05, 3.63) is 29.6 Å². The normalized spacial score (nSPS) is 17.9. The Bertz CT molecular complexity index is 630. The van der Waals surface area contributed by atoms with Gasteiger partial charge in [-0.1, -0.05) is 19.9 Å². The van der Waals surface area contributed by atoms with Crippen LogP contribution in [0.5, 0.6) is 0 Å². The molecule has 2 rings (SSSR count). The number of halogens is 1. The van der Waals surface area contributed by atoms with E-state index in [0.717, 1.165) is 4.90 Å². The fraction of sp³-hybridized carbons (Fsp3) is 0.400. The summed E-state index contributed by atoms with van der Waals surface area (Å²) in [4.78, 5) is 36.7. The van der Waals surface area contributed by atoms with Gasteiger partial charge in [-0.05, 0) is 30.5 Å². The SMILES string of the molecule is Cc1ccc(F)cc1NC(=O)CN1C(=O)NC(C(C)C)C1=O. The van der Waals surface area contributed by atoms with Gasteiger partial charge in [-0.3, -0.25) is 14.5 Å². The highest BCUT2D eigenvalue weighted by Gasteiger charge is 2.40. The zero-order valence-electron chi connectivity index (χ0n) is 12.6. The van der Waals surface area contributed by atoms with Crippen molar-refractivity contribution >= 4 is 23.5 Å². The summed E-state index contributed by atoms with van der Waals surface area (Å²) in [5, 5.41) is 5.05. The van der Waals surface area contributed by atoms with E-state index in [1.807, 2.05) is 13.8 Å². The molecule has 7 heteroatoms. The number of anilines is 1. The topological polar surface area (TPSA) is 78.5 Å². The first-order valence-electron chi connectivity index (χ1n) is 6.97. The fourth-order valence-corrected chi connectivity index (χ4v) is 2.20. The second-order valence-electron chi connectivity index (χ2n) is 5.60. The molecule has 118 valence electrons. The van der Waals surface area contributed by atoms with Crippen LogP contribution in [-0.4, -0.2) is 35.3 Å². The smallest absolute Gasteiger partial charge is 0.325 e. The van der Waals surface area contributed by atoms with E-state index in [9.17, 15) is 18.8 Å². The number of benzene rings is 1. The number of hydrogen-bond donors (Lipinski definition) is 2. The maximum atomic E-state index is 13.2. The van der Waals surface area contributed by atoms with E-state index in [0.29, 0.717) is 11.3 Å². The van der Waals surface area contributed by atoms with Crippen LogP contribution < -0.4 is 10.6 Å². The van der Waals surface area contributed by atoms with E-state index in [-0.39, 0.29) is 5.92 Å². The lowest BCUT2D eigenvalue weighted by molar-refractivity contribution is -0.131. The standard InChI is InChI=1S/C15H18FN3O3/c1-8(2)13-14(21)19(15(22)18-13)7-12(20)17-11-6-10(16)5-4-9(11)3/h4-6,8,13H,7H2,1-3H3,(H,17,20)(H,18,22). The molecule has 4 amide bonds. The fourth-order valence-electron chi connectivity index (χ4n) is 2.20. The van der Waals surface area contributed by atoms with Gasteiger partial charge in [0.25, 0.3) is 5.91 Å². The highest BCUT2D eigenvalue weighted by Crippen LogP contribution is 2.17. The van der Waals surface area contributed by atoms with Crippen LogP contribution in [-0.2, 0) is 9.59 Å². The molecule has 1 fully saturated rings. The monoisotopic (exact) mass is 307 g/mol. The Hall–Kier alpha value is -2.44. The molecule has 1 aliphatic rings. The van der Waals surface area contributed by atoms with E-state index < -0.39 is 36.2 Å². The van der Waals surface area contributed by atoms with E-state index in [1.165, 1.54) is 18.2 Å². The largest absolute Gasteiger partial charge is 0.326 e. The summed E-state index contributed by atoms with van der Waals surface area (Å²) >= 11 is 0. The second kappa shape index (κ2) is 6.13. The number of aryl methyl sites for hydroxylation is 1. The maximum Gasteiger partial charge on any atom is 0.325 e. The predicted octanol–water partition coefficient (Wildman–Crippen LogP) is 1.65. The van der Waals surface area contributed by atoms with Gasteiger partial charge in [0.05, 0.1) is 0 Å². The molecule has 0 spiro atoms. The van der Waals surface area contributed by atoms with Crippen molar-refractivity contribution in [1.82, 2.24) is 10.2 Å². The van der Waals surface area contributed by atoms with Gasteiger partial charge in [0.2, 0.25) is 5.91 Å². The number of nitrogens with one attached hydrogen (secondary N) is 2. The molecule has 0 aromatic heterocycles. The van der Waals surface area contributed by atoms with E-state index in [2.05, 4.69) is 10.6 Å². The van der Waals surface area contributed by atoms with Gasteiger partial charge in [-0.25, -0.2) is 9.18 Å². The van der Waals surface area contributed by atoms with Crippen LogP contribution in [0, 0.1) is 18.7 Å². The molecule has 2 N–H and O–H groups in total. The maximum absolute atomic E-state index is 13.2. The zero-order valence-corrected chi connectivity index (χ0v) is 12.6. The molecule has 1 atom stereocenters. The molecule has 1 saturated heterocycles. The summed E-state index contributed by atoms with van der Waals surface area (Å²) in [6.45, 7) is 4.94. The average Bonchev–Trinajstić information content (AvgIpc) is 2.71. The number of carbonyl (C=O) groups is 3. The molecule has 1 aromatic rings. The quantitative estimate of drug-likeness (QED) is 0.830. The van der Waals surface area contributed by atoms with Crippen LogP contribution in [0.1, 0.15) is 19.4 Å². The lowest BCUT2D eigenvalue weighted by Gasteiger charge is -2.15. The van der Waals surface area contributed by atoms with Crippen LogP contribution in [0.3, 0.4) is 0 Å². The first-order valence-corrected chi connectivity index (χ1v) is 6.97. The Balaban J connectivity index is 2.05. The zero-order chi connectivity index (χ0) is 16.4. The minimum Gasteiger partial charge on any atom is -0.326 e. The summed E-state index contributed by atoms with van der Waals surface area (Å²) < 4.78 is 13.2. The van der Waals surface area contributed by atoms with Gasteiger partial charge in [0, 0.05) is 5.69 Å². The van der Waals surface area contributed by atoms with E-state index in [1.54, 1.807) is 6.92 Å². The van der Waals surface area contributed by atoms with Gasteiger partial charge < -0.3 is 10.6 Å². The van der Waals surface area contributed by atoms with Crippen molar-refractivity contribution in [3.8, 4) is 0 Å². The minimum absolute atomic E-state index is 0.0602. The number of rotatable bonds is 4. The Labute approximate surface area is 127 Å². The summed E-state index contributed by atoms with van der Waals surface area (Å²) in [5.74, 6) is -1.52. The Morgan fingerprint density at radius 2 is 2.09 bits per heavy atom. The highest BCUT2D eigenvalue weighted by atomic mass is 19.1. The lowest BCUT2D eigenvalue weighted by Crippen LogP contribution is -2.39. The molecule has 1 aromatic carbocycles. The van der Waals surface area contributed by atoms with Gasteiger partial charge in [0.1, 0.15) is 18.4 Å². The summed E-state index contributed by atoms with van der Waals surface area (Å²) in [5.41, 5.74) is 1.00. The van der Waals surface area contributed by atoms with Crippen molar-refractivity contribution in [2.24, 2.45) is 5.92 Å². The molecule has 0 radical (unpaired) electrons. The molecule has 1 heterocycles. The number of amides is 4. The van der Waals surface area contributed by atoms with Gasteiger partial charge in [-0.15, -0.1) is 0 Å². The number of nitrogens with zero attached hydrogens (tertiary/aromatic N) is 1. The number of urea groups is 1. The molecule has 1 unspecified atom stereocenters. The number of carbonyl (C=O) groups excluding carboxylic acids is 3. The van der Waals surface area contributed by atoms with Gasteiger partial charge in [-0.2, -0.15) is 0 Å². The third-order valence-corrected chi connectivity index (χ3v) is 3.50. The summed E-state index contributed by atoms with van der Waals surface area (Å²) in [7, 11) is 0. The minimum atomic E-state index is -0.615. The third-order valence-electron chi connectivity index (χ3n) is 3.50. The van der Waals surface area contributed by atoms with Crippen LogP contribution >= 0.6 is 0 Å². The predicted molar refractivity (Wildman–Crippen MR) is 78.6 cm³/mol. The number of imide groups is 1. The third kappa shape index (κ3) is 3.24. The van der Waals surface area contributed by atoms with Crippen LogP contribution in [0.25, 0.3) is 0 Å². The Morgan fingerprint density at radius 1 is 1.41 bits per heavy atom. The van der Waals surface area contributed by atoms with Crippen molar-refractivity contribution in [2.75, 3.05) is 11.9 Å². The Kier molecular flexibility index (Phi) is 4.44. The van der Waals surface area contributed by atoms with Crippen LogP contribution in [0.2, 0.25) is 0 Å². The van der Waals surface area contributed by atoms with Gasteiger partial charge in [0.15, 0.2) is 0 Å². The van der Waals surface area contributed by atoms with E-state index in [4.69, 9.17) is 0 Å². The second-order valence-corrected chi connectivity index (χ2v) is 5.60. The van der Waals surface area contributed by atoms with Crippen molar-refractivity contribution in [1.29, 1.82) is 0 Å². The molecular weight excluding hydrogens is 289 g/mol. The van der Waals surface area contributed by atoms with E-state index >= 15 is 0 Å². The van der Waals surface area contributed by atoms with Crippen molar-refractivity contribution in [3.63, 3.8) is 0 Å². The number of hydrogen-bond acceptors (Lipinski definition) is 3. The van der Waals surface area contributed by atoms with Crippen molar-refractivity contribution in [2.45, 2.75) is 26.8 Å². The van der Waals surface area contributed by atoms with Crippen LogP contribution in [0.15, 0.2) is 18.2 Å². The van der Waals surface area contributed by atoms with Crippen LogP contribution in [0.4, 0.5) is 14.9 Å². The Morgan fingerprint density at radius 3 is 2.68 bits per heavy atom.